The average molecular weight is 211 g/mol. The van der Waals surface area contributed by atoms with Gasteiger partial charge >= 0.3 is 0 Å². The summed E-state index contributed by atoms with van der Waals surface area (Å²) in [5.41, 5.74) is 5.67. The summed E-state index contributed by atoms with van der Waals surface area (Å²) in [4.78, 5) is 5.28. The molecule has 2 unspecified atom stereocenters. The number of nitrogens with zero attached hydrogens (tertiary/aromatic N) is 2. The van der Waals surface area contributed by atoms with Crippen molar-refractivity contribution in [1.82, 2.24) is 9.80 Å². The van der Waals surface area contributed by atoms with E-state index in [0.29, 0.717) is 5.92 Å². The molecule has 2 fully saturated rings. The summed E-state index contributed by atoms with van der Waals surface area (Å²) in [5.74, 6) is 0.643. The van der Waals surface area contributed by atoms with E-state index in [1.54, 1.807) is 0 Å². The Balaban J connectivity index is 1.77. The molecule has 0 amide bonds. The van der Waals surface area contributed by atoms with E-state index >= 15 is 0 Å². The zero-order valence-corrected chi connectivity index (χ0v) is 10.2. The van der Waals surface area contributed by atoms with Gasteiger partial charge in [0.25, 0.3) is 0 Å². The van der Waals surface area contributed by atoms with Crippen LogP contribution in [0.25, 0.3) is 0 Å². The van der Waals surface area contributed by atoms with Gasteiger partial charge in [-0.2, -0.15) is 0 Å². The minimum Gasteiger partial charge on any atom is -0.330 e. The molecule has 0 spiro atoms. The van der Waals surface area contributed by atoms with E-state index in [0.717, 1.165) is 18.6 Å². The van der Waals surface area contributed by atoms with E-state index in [2.05, 4.69) is 23.6 Å². The van der Waals surface area contributed by atoms with Crippen molar-refractivity contribution in [2.45, 2.75) is 38.8 Å². The number of hydrogen-bond acceptors (Lipinski definition) is 3. The molecular weight excluding hydrogens is 186 g/mol. The van der Waals surface area contributed by atoms with Crippen LogP contribution in [0.4, 0.5) is 0 Å². The monoisotopic (exact) mass is 211 g/mol. The molecular formula is C12H25N3. The van der Waals surface area contributed by atoms with Crippen molar-refractivity contribution in [3.63, 3.8) is 0 Å². The van der Waals surface area contributed by atoms with Crippen LogP contribution in [0.3, 0.4) is 0 Å². The zero-order chi connectivity index (χ0) is 10.8. The standard InChI is InChI=1S/C12H25N3/c1-10(7-13)8-14-5-6-15(11(2)9-14)12-3-4-12/h10-12H,3-9,13H2,1-2H3. The minimum atomic E-state index is 0.643. The number of nitrogens with two attached hydrogens (primary N) is 1. The van der Waals surface area contributed by atoms with Gasteiger partial charge < -0.3 is 10.6 Å². The summed E-state index contributed by atoms with van der Waals surface area (Å²) >= 11 is 0. The maximum absolute atomic E-state index is 5.67. The van der Waals surface area contributed by atoms with Crippen molar-refractivity contribution in [3.8, 4) is 0 Å². The van der Waals surface area contributed by atoms with Gasteiger partial charge in [-0.1, -0.05) is 6.92 Å². The Bertz CT molecular complexity index is 203. The Labute approximate surface area is 93.6 Å². The molecule has 2 N–H and O–H groups in total. The molecule has 1 aliphatic carbocycles. The van der Waals surface area contributed by atoms with Gasteiger partial charge in [0.05, 0.1) is 0 Å². The highest BCUT2D eigenvalue weighted by atomic mass is 15.3. The number of rotatable bonds is 4. The molecule has 3 nitrogen and oxygen atoms in total. The third-order valence-electron chi connectivity index (χ3n) is 3.75. The molecule has 0 radical (unpaired) electrons. The molecule has 0 bridgehead atoms. The van der Waals surface area contributed by atoms with Gasteiger partial charge in [0.1, 0.15) is 0 Å². The number of piperazine rings is 1. The average Bonchev–Trinajstić information content (AvgIpc) is 3.01. The molecule has 0 aromatic carbocycles. The molecule has 3 heteroatoms. The lowest BCUT2D eigenvalue weighted by molar-refractivity contribution is 0.0697. The maximum atomic E-state index is 5.67. The van der Waals surface area contributed by atoms with Gasteiger partial charge in [0.15, 0.2) is 0 Å². The van der Waals surface area contributed by atoms with E-state index in [1.807, 2.05) is 0 Å². The molecule has 0 aromatic rings. The van der Waals surface area contributed by atoms with Crippen molar-refractivity contribution < 1.29 is 0 Å². The molecule has 0 aromatic heterocycles. The molecule has 1 aliphatic heterocycles. The molecule has 2 rings (SSSR count). The van der Waals surface area contributed by atoms with E-state index in [1.165, 1.54) is 39.0 Å². The van der Waals surface area contributed by atoms with Crippen LogP contribution in [0.2, 0.25) is 0 Å². The Kier molecular flexibility index (Phi) is 3.65. The summed E-state index contributed by atoms with van der Waals surface area (Å²) in [7, 11) is 0. The highest BCUT2D eigenvalue weighted by Crippen LogP contribution is 2.30. The second kappa shape index (κ2) is 4.81. The molecule has 88 valence electrons. The van der Waals surface area contributed by atoms with Gasteiger partial charge in [0, 0.05) is 38.3 Å². The summed E-state index contributed by atoms with van der Waals surface area (Å²) < 4.78 is 0. The van der Waals surface area contributed by atoms with E-state index in [-0.39, 0.29) is 0 Å². The second-order valence-electron chi connectivity index (χ2n) is 5.42. The van der Waals surface area contributed by atoms with E-state index in [4.69, 9.17) is 5.73 Å². The molecule has 2 aliphatic rings. The highest BCUT2D eigenvalue weighted by molar-refractivity contribution is 4.91. The summed E-state index contributed by atoms with van der Waals surface area (Å²) in [6.07, 6.45) is 2.87. The van der Waals surface area contributed by atoms with E-state index < -0.39 is 0 Å². The van der Waals surface area contributed by atoms with Crippen molar-refractivity contribution in [3.05, 3.63) is 0 Å². The predicted octanol–water partition coefficient (Wildman–Crippen LogP) is 0.750. The quantitative estimate of drug-likeness (QED) is 0.745. The topological polar surface area (TPSA) is 32.5 Å². The van der Waals surface area contributed by atoms with Crippen molar-refractivity contribution >= 4 is 0 Å². The first kappa shape index (κ1) is 11.4. The van der Waals surface area contributed by atoms with Crippen molar-refractivity contribution in [2.24, 2.45) is 11.7 Å². The Hall–Kier alpha value is -0.120. The van der Waals surface area contributed by atoms with Gasteiger partial charge in [-0.05, 0) is 32.2 Å². The van der Waals surface area contributed by atoms with Gasteiger partial charge in [-0.25, -0.2) is 0 Å². The third-order valence-corrected chi connectivity index (χ3v) is 3.75. The summed E-state index contributed by atoms with van der Waals surface area (Å²) in [6.45, 7) is 10.4. The zero-order valence-electron chi connectivity index (χ0n) is 10.2. The SMILES string of the molecule is CC(CN)CN1CCN(C2CC2)C(C)C1. The predicted molar refractivity (Wildman–Crippen MR) is 63.8 cm³/mol. The third kappa shape index (κ3) is 2.92. The molecule has 1 saturated heterocycles. The lowest BCUT2D eigenvalue weighted by Gasteiger charge is -2.40. The van der Waals surface area contributed by atoms with Crippen LogP contribution in [-0.2, 0) is 0 Å². The normalized spacial score (nSPS) is 31.8. The Morgan fingerprint density at radius 3 is 2.60 bits per heavy atom. The number of hydrogen-bond donors (Lipinski definition) is 1. The largest absolute Gasteiger partial charge is 0.330 e. The van der Waals surface area contributed by atoms with Crippen LogP contribution in [0.1, 0.15) is 26.7 Å². The molecule has 15 heavy (non-hydrogen) atoms. The fourth-order valence-corrected chi connectivity index (χ4v) is 2.68. The van der Waals surface area contributed by atoms with Crippen LogP contribution in [0.5, 0.6) is 0 Å². The Morgan fingerprint density at radius 1 is 1.33 bits per heavy atom. The van der Waals surface area contributed by atoms with Gasteiger partial charge in [0.2, 0.25) is 0 Å². The van der Waals surface area contributed by atoms with Crippen LogP contribution >= 0.6 is 0 Å². The van der Waals surface area contributed by atoms with Crippen molar-refractivity contribution in [2.75, 3.05) is 32.7 Å². The smallest absolute Gasteiger partial charge is 0.0198 e. The lowest BCUT2D eigenvalue weighted by Crippen LogP contribution is -2.53. The van der Waals surface area contributed by atoms with Crippen LogP contribution in [0, 0.1) is 5.92 Å². The van der Waals surface area contributed by atoms with Crippen LogP contribution < -0.4 is 5.73 Å². The minimum absolute atomic E-state index is 0.643. The van der Waals surface area contributed by atoms with Crippen molar-refractivity contribution in [1.29, 1.82) is 0 Å². The Morgan fingerprint density at radius 2 is 2.07 bits per heavy atom. The first-order chi connectivity index (χ1) is 7.20. The maximum Gasteiger partial charge on any atom is 0.0198 e. The van der Waals surface area contributed by atoms with Gasteiger partial charge in [-0.15, -0.1) is 0 Å². The molecule has 1 saturated carbocycles. The fraction of sp³-hybridized carbons (Fsp3) is 1.00. The fourth-order valence-electron chi connectivity index (χ4n) is 2.68. The first-order valence-corrected chi connectivity index (χ1v) is 6.39. The first-order valence-electron chi connectivity index (χ1n) is 6.39. The molecule has 1 heterocycles. The summed E-state index contributed by atoms with van der Waals surface area (Å²) in [5, 5.41) is 0. The second-order valence-corrected chi connectivity index (χ2v) is 5.42. The summed E-state index contributed by atoms with van der Waals surface area (Å²) in [6, 6.07) is 1.67. The lowest BCUT2D eigenvalue weighted by atomic mass is 10.1. The van der Waals surface area contributed by atoms with Crippen LogP contribution in [-0.4, -0.2) is 54.6 Å². The van der Waals surface area contributed by atoms with E-state index in [9.17, 15) is 0 Å². The molecule has 2 atom stereocenters. The van der Waals surface area contributed by atoms with Crippen LogP contribution in [0.15, 0.2) is 0 Å². The highest BCUT2D eigenvalue weighted by Gasteiger charge is 2.35. The van der Waals surface area contributed by atoms with Gasteiger partial charge in [-0.3, -0.25) is 4.90 Å².